The molecule has 1 aliphatic carbocycles. The van der Waals surface area contributed by atoms with Gasteiger partial charge in [0.05, 0.1) is 13.2 Å². The molecule has 5 heteroatoms. The summed E-state index contributed by atoms with van der Waals surface area (Å²) in [7, 11) is 1.68. The second-order valence-electron chi connectivity index (χ2n) is 9.02. The van der Waals surface area contributed by atoms with Crippen LogP contribution in [0.3, 0.4) is 0 Å². The Hall–Kier alpha value is -2.33. The molecule has 0 N–H and O–H groups in total. The number of amidine groups is 1. The normalized spacial score (nSPS) is 17.5. The first-order valence-corrected chi connectivity index (χ1v) is 11.6. The predicted molar refractivity (Wildman–Crippen MR) is 128 cm³/mol. The van der Waals surface area contributed by atoms with Crippen molar-refractivity contribution in [2.24, 2.45) is 4.99 Å². The number of Topliss-reactive ketones (excluding diaryl/α,β-unsaturated/α-hetero) is 1. The summed E-state index contributed by atoms with van der Waals surface area (Å²) in [6, 6.07) is 14.5. The SMILES string of the molecule is COc1ccc(C(=NC2CCCC2)N2CCCc3cc(C(=O)C(C)(C)Cl)ccc32)cc1. The van der Waals surface area contributed by atoms with E-state index in [1.165, 1.54) is 18.4 Å². The van der Waals surface area contributed by atoms with E-state index < -0.39 is 4.87 Å². The number of aryl methyl sites for hydroxylation is 1. The molecule has 0 bridgehead atoms. The molecule has 1 fully saturated rings. The summed E-state index contributed by atoms with van der Waals surface area (Å²) in [6.45, 7) is 4.41. The van der Waals surface area contributed by atoms with Gasteiger partial charge in [-0.1, -0.05) is 12.8 Å². The highest BCUT2D eigenvalue weighted by atomic mass is 35.5. The lowest BCUT2D eigenvalue weighted by Gasteiger charge is -2.33. The predicted octanol–water partition coefficient (Wildman–Crippen LogP) is 6.04. The van der Waals surface area contributed by atoms with E-state index in [0.29, 0.717) is 11.6 Å². The van der Waals surface area contributed by atoms with E-state index in [1.807, 2.05) is 24.3 Å². The molecule has 0 unspecified atom stereocenters. The summed E-state index contributed by atoms with van der Waals surface area (Å²) in [4.78, 5) is 19.4. The number of benzene rings is 2. The Labute approximate surface area is 190 Å². The van der Waals surface area contributed by atoms with Gasteiger partial charge in [-0.3, -0.25) is 9.79 Å². The Morgan fingerprint density at radius 3 is 2.39 bits per heavy atom. The summed E-state index contributed by atoms with van der Waals surface area (Å²) in [5, 5.41) is 0. The Morgan fingerprint density at radius 2 is 1.74 bits per heavy atom. The van der Waals surface area contributed by atoms with Crippen molar-refractivity contribution in [2.45, 2.75) is 63.3 Å². The van der Waals surface area contributed by atoms with Gasteiger partial charge in [0.2, 0.25) is 0 Å². The third kappa shape index (κ3) is 4.79. The zero-order valence-corrected chi connectivity index (χ0v) is 19.4. The molecule has 2 aliphatic rings. The third-order valence-electron chi connectivity index (χ3n) is 6.23. The van der Waals surface area contributed by atoms with Crippen molar-refractivity contribution < 1.29 is 9.53 Å². The highest BCUT2D eigenvalue weighted by molar-refractivity contribution is 6.37. The van der Waals surface area contributed by atoms with Crippen LogP contribution in [-0.2, 0) is 6.42 Å². The van der Waals surface area contributed by atoms with Crippen LogP contribution in [0.1, 0.15) is 67.4 Å². The molecule has 0 aromatic heterocycles. The number of hydrogen-bond acceptors (Lipinski definition) is 3. The molecule has 1 heterocycles. The highest BCUT2D eigenvalue weighted by Crippen LogP contribution is 2.33. The van der Waals surface area contributed by atoms with Gasteiger partial charge >= 0.3 is 0 Å². The van der Waals surface area contributed by atoms with Gasteiger partial charge in [0.1, 0.15) is 16.5 Å². The molecule has 1 aliphatic heterocycles. The molecule has 2 aromatic rings. The maximum absolute atomic E-state index is 12.7. The minimum absolute atomic E-state index is 0.0379. The minimum atomic E-state index is -0.902. The molecular weight excluding hydrogens is 408 g/mol. The van der Waals surface area contributed by atoms with E-state index >= 15 is 0 Å². The van der Waals surface area contributed by atoms with Gasteiger partial charge in [-0.25, -0.2) is 0 Å². The highest BCUT2D eigenvalue weighted by Gasteiger charge is 2.29. The molecule has 1 saturated carbocycles. The summed E-state index contributed by atoms with van der Waals surface area (Å²) >= 11 is 6.29. The lowest BCUT2D eigenvalue weighted by Crippen LogP contribution is -2.37. The molecule has 4 nitrogen and oxygen atoms in total. The quantitative estimate of drug-likeness (QED) is 0.247. The zero-order valence-electron chi connectivity index (χ0n) is 18.7. The number of anilines is 1. The molecule has 0 spiro atoms. The number of halogens is 1. The number of carbonyl (C=O) groups is 1. The standard InChI is InChI=1S/C26H31ClN2O2/c1-26(2,27)24(30)20-12-15-23-19(17-20)7-6-16-29(23)25(28-21-8-4-5-9-21)18-10-13-22(31-3)14-11-18/h10-15,17,21H,4-9,16H2,1-3H3. The van der Waals surface area contributed by atoms with Crippen LogP contribution in [0.4, 0.5) is 5.69 Å². The number of alkyl halides is 1. The Bertz CT molecular complexity index is 970. The smallest absolute Gasteiger partial charge is 0.183 e. The fourth-order valence-corrected chi connectivity index (χ4v) is 4.66. The number of aliphatic imine (C=N–C) groups is 1. The van der Waals surface area contributed by atoms with Crippen LogP contribution in [0, 0.1) is 0 Å². The second-order valence-corrected chi connectivity index (χ2v) is 9.96. The fraction of sp³-hybridized carbons (Fsp3) is 0.462. The molecule has 0 radical (unpaired) electrons. The van der Waals surface area contributed by atoms with Crippen molar-refractivity contribution in [1.82, 2.24) is 0 Å². The monoisotopic (exact) mass is 438 g/mol. The average molecular weight is 439 g/mol. The van der Waals surface area contributed by atoms with E-state index in [9.17, 15) is 4.79 Å². The molecule has 0 amide bonds. The van der Waals surface area contributed by atoms with Crippen LogP contribution in [0.2, 0.25) is 0 Å². The lowest BCUT2D eigenvalue weighted by atomic mass is 9.93. The van der Waals surface area contributed by atoms with E-state index in [2.05, 4.69) is 23.1 Å². The number of nitrogens with zero attached hydrogens (tertiary/aromatic N) is 2. The van der Waals surface area contributed by atoms with Gasteiger partial charge in [0.15, 0.2) is 5.78 Å². The minimum Gasteiger partial charge on any atom is -0.497 e. The summed E-state index contributed by atoms with van der Waals surface area (Å²) < 4.78 is 5.35. The van der Waals surface area contributed by atoms with Crippen molar-refractivity contribution in [1.29, 1.82) is 0 Å². The number of ether oxygens (including phenoxy) is 1. The van der Waals surface area contributed by atoms with Gasteiger partial charge in [0.25, 0.3) is 0 Å². The van der Waals surface area contributed by atoms with E-state index in [0.717, 1.165) is 55.1 Å². The van der Waals surface area contributed by atoms with E-state index in [-0.39, 0.29) is 5.78 Å². The Morgan fingerprint density at radius 1 is 1.06 bits per heavy atom. The topological polar surface area (TPSA) is 41.9 Å². The molecule has 4 rings (SSSR count). The van der Waals surface area contributed by atoms with Gasteiger partial charge in [-0.15, -0.1) is 11.6 Å². The molecule has 0 saturated heterocycles. The largest absolute Gasteiger partial charge is 0.497 e. The van der Waals surface area contributed by atoms with Crippen LogP contribution in [-0.4, -0.2) is 36.2 Å². The molecule has 2 aromatic carbocycles. The van der Waals surface area contributed by atoms with E-state index in [4.69, 9.17) is 21.3 Å². The van der Waals surface area contributed by atoms with Crippen molar-refractivity contribution in [3.05, 3.63) is 59.2 Å². The van der Waals surface area contributed by atoms with Gasteiger partial charge in [-0.2, -0.15) is 0 Å². The first-order chi connectivity index (χ1) is 14.9. The first kappa shape index (κ1) is 21.9. The van der Waals surface area contributed by atoms with Crippen LogP contribution in [0.15, 0.2) is 47.5 Å². The fourth-order valence-electron chi connectivity index (χ4n) is 4.55. The summed E-state index contributed by atoms with van der Waals surface area (Å²) in [5.74, 6) is 1.83. The van der Waals surface area contributed by atoms with Crippen LogP contribution in [0.5, 0.6) is 5.75 Å². The second kappa shape index (κ2) is 9.04. The maximum Gasteiger partial charge on any atom is 0.183 e. The van der Waals surface area contributed by atoms with E-state index in [1.54, 1.807) is 21.0 Å². The average Bonchev–Trinajstić information content (AvgIpc) is 3.29. The first-order valence-electron chi connectivity index (χ1n) is 11.2. The number of methoxy groups -OCH3 is 1. The zero-order chi connectivity index (χ0) is 22.0. The van der Waals surface area contributed by atoms with Gasteiger partial charge in [0, 0.05) is 23.4 Å². The van der Waals surface area contributed by atoms with Crippen LogP contribution >= 0.6 is 11.6 Å². The number of rotatable bonds is 5. The van der Waals surface area contributed by atoms with Gasteiger partial charge in [-0.05, 0) is 87.6 Å². The Balaban J connectivity index is 1.73. The van der Waals surface area contributed by atoms with Crippen LogP contribution in [0.25, 0.3) is 0 Å². The molecule has 164 valence electrons. The summed E-state index contributed by atoms with van der Waals surface area (Å²) in [6.07, 6.45) is 6.78. The number of carbonyl (C=O) groups excluding carboxylic acids is 1. The lowest BCUT2D eigenvalue weighted by molar-refractivity contribution is 0.0954. The number of fused-ring (bicyclic) bond motifs is 1. The third-order valence-corrected chi connectivity index (χ3v) is 6.41. The Kier molecular flexibility index (Phi) is 6.38. The molecule has 31 heavy (non-hydrogen) atoms. The van der Waals surface area contributed by atoms with Crippen molar-refractivity contribution >= 4 is 28.9 Å². The van der Waals surface area contributed by atoms with Gasteiger partial charge < -0.3 is 9.64 Å². The van der Waals surface area contributed by atoms with Crippen molar-refractivity contribution in [2.75, 3.05) is 18.6 Å². The van der Waals surface area contributed by atoms with Crippen molar-refractivity contribution in [3.8, 4) is 5.75 Å². The van der Waals surface area contributed by atoms with Crippen LogP contribution < -0.4 is 9.64 Å². The summed E-state index contributed by atoms with van der Waals surface area (Å²) in [5.41, 5.74) is 4.11. The van der Waals surface area contributed by atoms with Crippen molar-refractivity contribution in [3.63, 3.8) is 0 Å². The maximum atomic E-state index is 12.7. The molecule has 0 atom stereocenters. The number of ketones is 1. The molecular formula is C26H31ClN2O2. The number of hydrogen-bond donors (Lipinski definition) is 0.